The van der Waals surface area contributed by atoms with Gasteiger partial charge in [-0.1, -0.05) is 0 Å². The second kappa shape index (κ2) is 5.57. The van der Waals surface area contributed by atoms with E-state index in [0.717, 1.165) is 36.8 Å². The number of pyridine rings is 1. The fraction of sp³-hybridized carbons (Fsp3) is 0.429. The largest absolute Gasteiger partial charge is 0.379 e. The molecule has 2 aromatic heterocycles. The molecular weight excluding hydrogens is 256 g/mol. The number of aryl methyl sites for hydroxylation is 1. The summed E-state index contributed by atoms with van der Waals surface area (Å²) in [5.41, 5.74) is 4.07. The molecule has 0 amide bonds. The molecule has 2 aromatic rings. The van der Waals surface area contributed by atoms with E-state index in [1.807, 2.05) is 18.6 Å². The Morgan fingerprint density at radius 1 is 1.26 bits per heavy atom. The molecule has 3 rings (SSSR count). The predicted octanol–water partition coefficient (Wildman–Crippen LogP) is 3.06. The summed E-state index contributed by atoms with van der Waals surface area (Å²) in [6, 6.07) is 4.21. The SMILES string of the molecule is Cc1ncsc1CNc1ccc(N2CCCC2)nc1. The van der Waals surface area contributed by atoms with Gasteiger partial charge in [0.1, 0.15) is 5.82 Å². The van der Waals surface area contributed by atoms with Gasteiger partial charge in [0.05, 0.1) is 29.6 Å². The molecule has 1 aliphatic rings. The maximum absolute atomic E-state index is 4.53. The highest BCUT2D eigenvalue weighted by atomic mass is 32.1. The molecule has 0 bridgehead atoms. The molecule has 1 fully saturated rings. The molecule has 1 aliphatic heterocycles. The van der Waals surface area contributed by atoms with Gasteiger partial charge >= 0.3 is 0 Å². The lowest BCUT2D eigenvalue weighted by molar-refractivity contribution is 0.937. The van der Waals surface area contributed by atoms with Crippen LogP contribution < -0.4 is 10.2 Å². The Morgan fingerprint density at radius 3 is 2.74 bits per heavy atom. The molecule has 0 saturated carbocycles. The fourth-order valence-corrected chi connectivity index (χ4v) is 3.02. The van der Waals surface area contributed by atoms with Crippen LogP contribution in [0.5, 0.6) is 0 Å². The molecule has 1 saturated heterocycles. The summed E-state index contributed by atoms with van der Waals surface area (Å²) >= 11 is 1.69. The van der Waals surface area contributed by atoms with Crippen molar-refractivity contribution in [3.63, 3.8) is 0 Å². The zero-order valence-corrected chi connectivity index (χ0v) is 11.9. The van der Waals surface area contributed by atoms with Crippen LogP contribution in [0, 0.1) is 6.92 Å². The molecule has 0 radical (unpaired) electrons. The van der Waals surface area contributed by atoms with Gasteiger partial charge in [0.15, 0.2) is 0 Å². The molecule has 4 nitrogen and oxygen atoms in total. The summed E-state index contributed by atoms with van der Waals surface area (Å²) in [6.07, 6.45) is 4.49. The number of hydrogen-bond acceptors (Lipinski definition) is 5. The van der Waals surface area contributed by atoms with E-state index in [9.17, 15) is 0 Å². The number of thiazole rings is 1. The average molecular weight is 274 g/mol. The smallest absolute Gasteiger partial charge is 0.128 e. The molecule has 0 atom stereocenters. The molecule has 100 valence electrons. The van der Waals surface area contributed by atoms with Gasteiger partial charge in [-0.25, -0.2) is 9.97 Å². The van der Waals surface area contributed by atoms with Crippen molar-refractivity contribution in [2.24, 2.45) is 0 Å². The van der Waals surface area contributed by atoms with Crippen LogP contribution >= 0.6 is 11.3 Å². The maximum Gasteiger partial charge on any atom is 0.128 e. The Bertz CT molecular complexity index is 529. The summed E-state index contributed by atoms with van der Waals surface area (Å²) in [4.78, 5) is 12.4. The minimum atomic E-state index is 0.821. The first kappa shape index (κ1) is 12.4. The van der Waals surface area contributed by atoms with Gasteiger partial charge in [-0.15, -0.1) is 11.3 Å². The summed E-state index contributed by atoms with van der Waals surface area (Å²) in [5, 5.41) is 3.40. The first-order valence-electron chi connectivity index (χ1n) is 6.67. The van der Waals surface area contributed by atoms with E-state index < -0.39 is 0 Å². The van der Waals surface area contributed by atoms with Gasteiger partial charge in [0, 0.05) is 18.0 Å². The Labute approximate surface area is 117 Å². The zero-order valence-electron chi connectivity index (χ0n) is 11.1. The fourth-order valence-electron chi connectivity index (χ4n) is 2.30. The third-order valence-corrected chi connectivity index (χ3v) is 4.41. The minimum Gasteiger partial charge on any atom is -0.379 e. The maximum atomic E-state index is 4.53. The van der Waals surface area contributed by atoms with Crippen molar-refractivity contribution in [2.45, 2.75) is 26.3 Å². The Balaban J connectivity index is 1.61. The van der Waals surface area contributed by atoms with Crippen molar-refractivity contribution in [3.05, 3.63) is 34.4 Å². The lowest BCUT2D eigenvalue weighted by Gasteiger charge is -2.16. The molecular formula is C14H18N4S. The van der Waals surface area contributed by atoms with E-state index in [1.165, 1.54) is 17.7 Å². The molecule has 0 spiro atoms. The van der Waals surface area contributed by atoms with Gasteiger partial charge in [-0.3, -0.25) is 0 Å². The minimum absolute atomic E-state index is 0.821. The molecule has 3 heterocycles. The summed E-state index contributed by atoms with van der Waals surface area (Å²) in [6.45, 7) is 5.14. The van der Waals surface area contributed by atoms with E-state index in [2.05, 4.69) is 32.3 Å². The van der Waals surface area contributed by atoms with Crippen LogP contribution in [0.4, 0.5) is 11.5 Å². The lowest BCUT2D eigenvalue weighted by Crippen LogP contribution is -2.18. The van der Waals surface area contributed by atoms with Crippen LogP contribution in [0.2, 0.25) is 0 Å². The van der Waals surface area contributed by atoms with Crippen molar-refractivity contribution in [2.75, 3.05) is 23.3 Å². The standard InChI is InChI=1S/C14H18N4S/c1-11-13(19-10-17-11)9-15-12-4-5-14(16-8-12)18-6-2-3-7-18/h4-5,8,10,15H,2-3,6-7,9H2,1H3. The average Bonchev–Trinajstić information content (AvgIpc) is 3.09. The van der Waals surface area contributed by atoms with Gasteiger partial charge in [0.25, 0.3) is 0 Å². The van der Waals surface area contributed by atoms with E-state index in [4.69, 9.17) is 0 Å². The van der Waals surface area contributed by atoms with E-state index in [-0.39, 0.29) is 0 Å². The van der Waals surface area contributed by atoms with E-state index in [0.29, 0.717) is 0 Å². The number of aromatic nitrogens is 2. The van der Waals surface area contributed by atoms with Crippen LogP contribution in [0.25, 0.3) is 0 Å². The normalized spacial score (nSPS) is 14.9. The second-order valence-corrected chi connectivity index (χ2v) is 5.75. The van der Waals surface area contributed by atoms with Gasteiger partial charge < -0.3 is 10.2 Å². The molecule has 0 unspecified atom stereocenters. The topological polar surface area (TPSA) is 41.1 Å². The van der Waals surface area contributed by atoms with Gasteiger partial charge in [-0.05, 0) is 31.9 Å². The Hall–Kier alpha value is -1.62. The summed E-state index contributed by atoms with van der Waals surface area (Å²) in [5.74, 6) is 1.09. The number of rotatable bonds is 4. The first-order chi connectivity index (χ1) is 9.33. The second-order valence-electron chi connectivity index (χ2n) is 4.81. The number of nitrogens with one attached hydrogen (secondary N) is 1. The number of anilines is 2. The number of hydrogen-bond donors (Lipinski definition) is 1. The first-order valence-corrected chi connectivity index (χ1v) is 7.55. The highest BCUT2D eigenvalue weighted by Crippen LogP contribution is 2.20. The molecule has 5 heteroatoms. The van der Waals surface area contributed by atoms with E-state index in [1.54, 1.807) is 11.3 Å². The van der Waals surface area contributed by atoms with Crippen molar-refractivity contribution in [1.29, 1.82) is 0 Å². The molecule has 19 heavy (non-hydrogen) atoms. The summed E-state index contributed by atoms with van der Waals surface area (Å²) < 4.78 is 0. The quantitative estimate of drug-likeness (QED) is 0.930. The molecule has 0 aliphatic carbocycles. The van der Waals surface area contributed by atoms with Crippen LogP contribution in [0.3, 0.4) is 0 Å². The van der Waals surface area contributed by atoms with Crippen molar-refractivity contribution >= 4 is 22.8 Å². The van der Waals surface area contributed by atoms with E-state index >= 15 is 0 Å². The molecule has 0 aromatic carbocycles. The zero-order chi connectivity index (χ0) is 13.1. The lowest BCUT2D eigenvalue weighted by atomic mass is 10.3. The monoisotopic (exact) mass is 274 g/mol. The third-order valence-electron chi connectivity index (χ3n) is 3.48. The van der Waals surface area contributed by atoms with Crippen molar-refractivity contribution in [3.8, 4) is 0 Å². The van der Waals surface area contributed by atoms with Crippen LogP contribution in [-0.2, 0) is 6.54 Å². The Kier molecular flexibility index (Phi) is 3.64. The van der Waals surface area contributed by atoms with Crippen LogP contribution in [0.1, 0.15) is 23.4 Å². The van der Waals surface area contributed by atoms with Crippen molar-refractivity contribution in [1.82, 2.24) is 9.97 Å². The van der Waals surface area contributed by atoms with Crippen LogP contribution in [0.15, 0.2) is 23.8 Å². The highest BCUT2D eigenvalue weighted by molar-refractivity contribution is 7.09. The third kappa shape index (κ3) is 2.87. The number of nitrogens with zero attached hydrogens (tertiary/aromatic N) is 3. The highest BCUT2D eigenvalue weighted by Gasteiger charge is 2.12. The van der Waals surface area contributed by atoms with Crippen molar-refractivity contribution < 1.29 is 0 Å². The van der Waals surface area contributed by atoms with Gasteiger partial charge in [-0.2, -0.15) is 0 Å². The Morgan fingerprint density at radius 2 is 2.11 bits per heavy atom. The van der Waals surface area contributed by atoms with Gasteiger partial charge in [0.2, 0.25) is 0 Å². The summed E-state index contributed by atoms with van der Waals surface area (Å²) in [7, 11) is 0. The van der Waals surface area contributed by atoms with Crippen LogP contribution in [-0.4, -0.2) is 23.1 Å². The predicted molar refractivity (Wildman–Crippen MR) is 79.9 cm³/mol. The molecule has 1 N–H and O–H groups in total.